The van der Waals surface area contributed by atoms with E-state index in [0.29, 0.717) is 19.6 Å². The standard InChI is InChI=1S/C13H24N2O4/c1-5-18-11(16)9-6-7-14-8-10(9)15-12(17)19-13(2,3)4/h9-10,14H,5-8H2,1-4H3,(H,15,17)/t9-,10-/m0/s1. The number of amides is 1. The van der Waals surface area contributed by atoms with Crippen molar-refractivity contribution < 1.29 is 19.1 Å². The van der Waals surface area contributed by atoms with Crippen molar-refractivity contribution in [1.29, 1.82) is 0 Å². The molecule has 1 saturated heterocycles. The monoisotopic (exact) mass is 272 g/mol. The van der Waals surface area contributed by atoms with E-state index in [-0.39, 0.29) is 17.9 Å². The number of hydrogen-bond donors (Lipinski definition) is 2. The summed E-state index contributed by atoms with van der Waals surface area (Å²) >= 11 is 0. The lowest BCUT2D eigenvalue weighted by Gasteiger charge is -2.31. The highest BCUT2D eigenvalue weighted by atomic mass is 16.6. The molecule has 2 atom stereocenters. The third kappa shape index (κ3) is 5.46. The van der Waals surface area contributed by atoms with Crippen molar-refractivity contribution in [2.45, 2.75) is 45.8 Å². The number of esters is 1. The van der Waals surface area contributed by atoms with Gasteiger partial charge in [0.1, 0.15) is 5.60 Å². The average Bonchev–Trinajstić information content (AvgIpc) is 2.27. The molecular formula is C13H24N2O4. The first-order valence-corrected chi connectivity index (χ1v) is 6.70. The third-order valence-corrected chi connectivity index (χ3v) is 2.77. The van der Waals surface area contributed by atoms with Crippen LogP contribution in [0.15, 0.2) is 0 Å². The van der Waals surface area contributed by atoms with Crippen molar-refractivity contribution in [1.82, 2.24) is 10.6 Å². The minimum absolute atomic E-state index is 0.259. The number of ether oxygens (including phenoxy) is 2. The van der Waals surface area contributed by atoms with Crippen LogP contribution in [-0.2, 0) is 14.3 Å². The van der Waals surface area contributed by atoms with E-state index in [1.165, 1.54) is 0 Å². The Labute approximate surface area is 114 Å². The molecule has 110 valence electrons. The normalized spacial score (nSPS) is 23.6. The molecule has 0 spiro atoms. The van der Waals surface area contributed by atoms with Gasteiger partial charge in [-0.2, -0.15) is 0 Å². The quantitative estimate of drug-likeness (QED) is 0.751. The maximum Gasteiger partial charge on any atom is 0.407 e. The lowest BCUT2D eigenvalue weighted by atomic mass is 9.93. The minimum Gasteiger partial charge on any atom is -0.466 e. The van der Waals surface area contributed by atoms with Gasteiger partial charge in [0.15, 0.2) is 0 Å². The predicted molar refractivity (Wildman–Crippen MR) is 70.8 cm³/mol. The Morgan fingerprint density at radius 1 is 1.37 bits per heavy atom. The van der Waals surface area contributed by atoms with Crippen molar-refractivity contribution in [3.8, 4) is 0 Å². The van der Waals surface area contributed by atoms with Gasteiger partial charge in [0.2, 0.25) is 0 Å². The van der Waals surface area contributed by atoms with Gasteiger partial charge in [-0.1, -0.05) is 0 Å². The summed E-state index contributed by atoms with van der Waals surface area (Å²) in [5.41, 5.74) is -0.550. The molecule has 0 bridgehead atoms. The summed E-state index contributed by atoms with van der Waals surface area (Å²) in [5, 5.41) is 5.89. The Morgan fingerprint density at radius 2 is 2.05 bits per heavy atom. The molecule has 1 aliphatic rings. The highest BCUT2D eigenvalue weighted by Crippen LogP contribution is 2.16. The van der Waals surface area contributed by atoms with Crippen LogP contribution in [0.2, 0.25) is 0 Å². The van der Waals surface area contributed by atoms with E-state index < -0.39 is 11.7 Å². The van der Waals surface area contributed by atoms with Gasteiger partial charge >= 0.3 is 12.1 Å². The number of carbonyl (C=O) groups excluding carboxylic acids is 2. The molecule has 0 aromatic rings. The van der Waals surface area contributed by atoms with Crippen LogP contribution in [0.1, 0.15) is 34.1 Å². The van der Waals surface area contributed by atoms with Crippen molar-refractivity contribution in [2.24, 2.45) is 5.92 Å². The molecule has 19 heavy (non-hydrogen) atoms. The Balaban J connectivity index is 2.57. The van der Waals surface area contributed by atoms with Crippen LogP contribution < -0.4 is 10.6 Å². The van der Waals surface area contributed by atoms with Gasteiger partial charge in [-0.25, -0.2) is 4.79 Å². The van der Waals surface area contributed by atoms with E-state index >= 15 is 0 Å². The van der Waals surface area contributed by atoms with E-state index in [0.717, 1.165) is 6.54 Å². The molecule has 1 heterocycles. The van der Waals surface area contributed by atoms with E-state index in [4.69, 9.17) is 9.47 Å². The smallest absolute Gasteiger partial charge is 0.407 e. The van der Waals surface area contributed by atoms with Crippen molar-refractivity contribution in [3.05, 3.63) is 0 Å². The summed E-state index contributed by atoms with van der Waals surface area (Å²) in [6, 6.07) is -0.289. The van der Waals surface area contributed by atoms with Crippen molar-refractivity contribution >= 4 is 12.1 Å². The first kappa shape index (κ1) is 15.8. The van der Waals surface area contributed by atoms with E-state index in [9.17, 15) is 9.59 Å². The second-order valence-electron chi connectivity index (χ2n) is 5.60. The largest absolute Gasteiger partial charge is 0.466 e. The molecule has 1 aliphatic heterocycles. The number of hydrogen-bond acceptors (Lipinski definition) is 5. The predicted octanol–water partition coefficient (Wildman–Crippen LogP) is 1.05. The van der Waals surface area contributed by atoms with Crippen LogP contribution in [-0.4, -0.2) is 43.4 Å². The Hall–Kier alpha value is -1.30. The van der Waals surface area contributed by atoms with Gasteiger partial charge in [-0.3, -0.25) is 4.79 Å². The molecule has 0 aliphatic carbocycles. The summed E-state index contributed by atoms with van der Waals surface area (Å²) in [5.74, 6) is -0.571. The number of alkyl carbamates (subject to hydrolysis) is 1. The van der Waals surface area contributed by atoms with Crippen molar-refractivity contribution in [3.63, 3.8) is 0 Å². The molecule has 0 unspecified atom stereocenters. The number of nitrogens with one attached hydrogen (secondary N) is 2. The fourth-order valence-corrected chi connectivity index (χ4v) is 2.00. The zero-order valence-electron chi connectivity index (χ0n) is 12.1. The fraction of sp³-hybridized carbons (Fsp3) is 0.846. The van der Waals surface area contributed by atoms with Crippen LogP contribution in [0.3, 0.4) is 0 Å². The van der Waals surface area contributed by atoms with Gasteiger partial charge < -0.3 is 20.1 Å². The lowest BCUT2D eigenvalue weighted by Crippen LogP contribution is -2.54. The second-order valence-corrected chi connectivity index (χ2v) is 5.60. The van der Waals surface area contributed by atoms with Crippen LogP contribution in [0.5, 0.6) is 0 Å². The Bertz CT molecular complexity index is 325. The minimum atomic E-state index is -0.550. The van der Waals surface area contributed by atoms with Crippen LogP contribution in [0, 0.1) is 5.92 Å². The molecule has 0 saturated carbocycles. The summed E-state index contributed by atoms with van der Waals surface area (Å²) in [6.45, 7) is 8.81. The molecule has 1 amide bonds. The number of carbonyl (C=O) groups is 2. The summed E-state index contributed by atoms with van der Waals surface area (Å²) < 4.78 is 10.2. The molecule has 6 nitrogen and oxygen atoms in total. The van der Waals surface area contributed by atoms with Crippen molar-refractivity contribution in [2.75, 3.05) is 19.7 Å². The molecule has 0 aromatic heterocycles. The zero-order chi connectivity index (χ0) is 14.5. The third-order valence-electron chi connectivity index (χ3n) is 2.77. The van der Waals surface area contributed by atoms with Gasteiger partial charge in [0.25, 0.3) is 0 Å². The maximum atomic E-state index is 11.8. The van der Waals surface area contributed by atoms with Gasteiger partial charge in [-0.15, -0.1) is 0 Å². The van der Waals surface area contributed by atoms with Crippen LogP contribution >= 0.6 is 0 Å². The van der Waals surface area contributed by atoms with Gasteiger partial charge in [0.05, 0.1) is 18.6 Å². The topological polar surface area (TPSA) is 76.7 Å². The first-order chi connectivity index (χ1) is 8.83. The zero-order valence-corrected chi connectivity index (χ0v) is 12.1. The van der Waals surface area contributed by atoms with Crippen LogP contribution in [0.4, 0.5) is 4.79 Å². The molecule has 1 fully saturated rings. The van der Waals surface area contributed by atoms with Gasteiger partial charge in [0, 0.05) is 6.54 Å². The number of piperidine rings is 1. The highest BCUT2D eigenvalue weighted by molar-refractivity contribution is 5.75. The lowest BCUT2D eigenvalue weighted by molar-refractivity contribution is -0.149. The molecule has 0 aromatic carbocycles. The fourth-order valence-electron chi connectivity index (χ4n) is 2.00. The molecular weight excluding hydrogens is 248 g/mol. The maximum absolute atomic E-state index is 11.8. The van der Waals surface area contributed by atoms with Gasteiger partial charge in [-0.05, 0) is 40.7 Å². The molecule has 1 rings (SSSR count). The second kappa shape index (κ2) is 6.75. The summed E-state index contributed by atoms with van der Waals surface area (Å²) in [6.07, 6.45) is 0.148. The van der Waals surface area contributed by atoms with E-state index in [2.05, 4.69) is 10.6 Å². The summed E-state index contributed by atoms with van der Waals surface area (Å²) in [7, 11) is 0. The molecule has 6 heteroatoms. The molecule has 2 N–H and O–H groups in total. The van der Waals surface area contributed by atoms with E-state index in [1.807, 2.05) is 0 Å². The Kier molecular flexibility index (Phi) is 5.60. The Morgan fingerprint density at radius 3 is 2.63 bits per heavy atom. The first-order valence-electron chi connectivity index (χ1n) is 6.70. The van der Waals surface area contributed by atoms with E-state index in [1.54, 1.807) is 27.7 Å². The number of rotatable bonds is 3. The SMILES string of the molecule is CCOC(=O)[C@H]1CCNC[C@@H]1NC(=O)OC(C)(C)C. The average molecular weight is 272 g/mol. The van der Waals surface area contributed by atoms with Crippen LogP contribution in [0.25, 0.3) is 0 Å². The molecule has 0 radical (unpaired) electrons. The highest BCUT2D eigenvalue weighted by Gasteiger charge is 2.34. The summed E-state index contributed by atoms with van der Waals surface area (Å²) in [4.78, 5) is 23.6.